The number of nitrogens with one attached hydrogen (secondary N) is 1. The molecule has 2 rings (SSSR count). The number of benzene rings is 2. The summed E-state index contributed by atoms with van der Waals surface area (Å²) >= 11 is 0. The molecule has 0 aliphatic carbocycles. The summed E-state index contributed by atoms with van der Waals surface area (Å²) in [6.07, 6.45) is 1.11. The van der Waals surface area contributed by atoms with E-state index in [1.54, 1.807) is 19.1 Å². The highest BCUT2D eigenvalue weighted by atomic mass is 32.2. The van der Waals surface area contributed by atoms with E-state index in [1.807, 2.05) is 52.0 Å². The van der Waals surface area contributed by atoms with E-state index in [9.17, 15) is 13.2 Å². The predicted molar refractivity (Wildman–Crippen MR) is 107 cm³/mol. The highest BCUT2D eigenvalue weighted by Gasteiger charge is 2.29. The van der Waals surface area contributed by atoms with E-state index < -0.39 is 16.1 Å². The van der Waals surface area contributed by atoms with Crippen molar-refractivity contribution in [1.82, 2.24) is 0 Å². The fraction of sp³-hybridized carbons (Fsp3) is 0.350. The highest BCUT2D eigenvalue weighted by molar-refractivity contribution is 7.92. The molecule has 2 aromatic rings. The van der Waals surface area contributed by atoms with Gasteiger partial charge in [-0.25, -0.2) is 8.42 Å². The minimum atomic E-state index is -3.63. The van der Waals surface area contributed by atoms with Gasteiger partial charge in [-0.3, -0.25) is 9.10 Å². The van der Waals surface area contributed by atoms with Gasteiger partial charge >= 0.3 is 0 Å². The average molecular weight is 375 g/mol. The zero-order valence-corrected chi connectivity index (χ0v) is 16.9. The first-order valence-electron chi connectivity index (χ1n) is 8.46. The Morgan fingerprint density at radius 2 is 1.65 bits per heavy atom. The van der Waals surface area contributed by atoms with Crippen molar-refractivity contribution in [1.29, 1.82) is 0 Å². The van der Waals surface area contributed by atoms with Gasteiger partial charge in [0.25, 0.3) is 0 Å². The molecular weight excluding hydrogens is 348 g/mol. The number of sulfonamides is 1. The molecule has 0 aliphatic heterocycles. The Morgan fingerprint density at radius 1 is 1.00 bits per heavy atom. The van der Waals surface area contributed by atoms with Crippen molar-refractivity contribution in [3.05, 3.63) is 58.7 Å². The summed E-state index contributed by atoms with van der Waals surface area (Å²) in [7, 11) is -3.63. The Morgan fingerprint density at radius 3 is 2.23 bits per heavy atom. The van der Waals surface area contributed by atoms with E-state index in [-0.39, 0.29) is 5.91 Å². The molecule has 0 radical (unpaired) electrons. The maximum atomic E-state index is 12.8. The Balaban J connectivity index is 2.37. The number of nitrogens with zero attached hydrogens (tertiary/aromatic N) is 1. The molecule has 2 aromatic carbocycles. The van der Waals surface area contributed by atoms with E-state index in [2.05, 4.69) is 5.32 Å². The van der Waals surface area contributed by atoms with Crippen LogP contribution in [0.15, 0.2) is 36.4 Å². The number of carbonyl (C=O) groups is 1. The molecule has 1 amide bonds. The third-order valence-electron chi connectivity index (χ3n) is 4.70. The summed E-state index contributed by atoms with van der Waals surface area (Å²) in [6.45, 7) is 9.36. The lowest BCUT2D eigenvalue weighted by Gasteiger charge is -2.29. The van der Waals surface area contributed by atoms with Crippen LogP contribution in [0.5, 0.6) is 0 Å². The first-order chi connectivity index (χ1) is 12.0. The molecule has 1 N–H and O–H groups in total. The predicted octanol–water partition coefficient (Wildman–Crippen LogP) is 3.71. The summed E-state index contributed by atoms with van der Waals surface area (Å²) < 4.78 is 26.0. The standard InChI is InChI=1S/C20H26N2O3S/c1-13-10-11-18(12-15(13)3)22(26(6,24)25)17(5)20(23)21-19-9-7-8-14(2)16(19)4/h7-12,17H,1-6H3,(H,21,23)/t17-/m1/s1. The fourth-order valence-electron chi connectivity index (χ4n) is 2.80. The van der Waals surface area contributed by atoms with Crippen LogP contribution in [0.25, 0.3) is 0 Å². The van der Waals surface area contributed by atoms with Gasteiger partial charge < -0.3 is 5.32 Å². The van der Waals surface area contributed by atoms with Gasteiger partial charge in [0.2, 0.25) is 15.9 Å². The molecule has 0 heterocycles. The molecular formula is C20H26N2O3S. The van der Waals surface area contributed by atoms with Crippen LogP contribution in [0, 0.1) is 27.7 Å². The molecule has 0 spiro atoms. The third-order valence-corrected chi connectivity index (χ3v) is 5.94. The molecule has 6 heteroatoms. The largest absolute Gasteiger partial charge is 0.324 e. The number of anilines is 2. The van der Waals surface area contributed by atoms with E-state index in [4.69, 9.17) is 0 Å². The van der Waals surface area contributed by atoms with Gasteiger partial charge in [-0.15, -0.1) is 0 Å². The third kappa shape index (κ3) is 4.25. The zero-order valence-electron chi connectivity index (χ0n) is 16.1. The molecule has 0 aromatic heterocycles. The summed E-state index contributed by atoms with van der Waals surface area (Å²) in [5.74, 6) is -0.373. The number of hydrogen-bond donors (Lipinski definition) is 1. The number of amides is 1. The second-order valence-electron chi connectivity index (χ2n) is 6.74. The number of carbonyl (C=O) groups excluding carboxylic acids is 1. The van der Waals surface area contributed by atoms with E-state index in [1.165, 1.54) is 4.31 Å². The van der Waals surface area contributed by atoms with Crippen LogP contribution in [0.4, 0.5) is 11.4 Å². The van der Waals surface area contributed by atoms with Gasteiger partial charge in [0.05, 0.1) is 11.9 Å². The average Bonchev–Trinajstić information content (AvgIpc) is 2.54. The lowest BCUT2D eigenvalue weighted by atomic mass is 10.1. The molecule has 0 aliphatic rings. The summed E-state index contributed by atoms with van der Waals surface area (Å²) in [5, 5.41) is 2.85. The molecule has 0 bridgehead atoms. The minimum absolute atomic E-state index is 0.373. The van der Waals surface area contributed by atoms with Gasteiger partial charge in [-0.05, 0) is 75.1 Å². The van der Waals surface area contributed by atoms with Crippen molar-refractivity contribution in [2.45, 2.75) is 40.7 Å². The lowest BCUT2D eigenvalue weighted by Crippen LogP contribution is -2.45. The van der Waals surface area contributed by atoms with Gasteiger partial charge in [0, 0.05) is 5.69 Å². The van der Waals surface area contributed by atoms with Gasteiger partial charge in [0.15, 0.2) is 0 Å². The maximum absolute atomic E-state index is 12.8. The van der Waals surface area contributed by atoms with Crippen molar-refractivity contribution in [3.63, 3.8) is 0 Å². The molecule has 0 unspecified atom stereocenters. The van der Waals surface area contributed by atoms with Crippen LogP contribution >= 0.6 is 0 Å². The first kappa shape index (κ1) is 20.0. The summed E-state index contributed by atoms with van der Waals surface area (Å²) in [4.78, 5) is 12.8. The summed E-state index contributed by atoms with van der Waals surface area (Å²) in [6, 6.07) is 10.1. The Labute approximate surface area is 156 Å². The monoisotopic (exact) mass is 374 g/mol. The Kier molecular flexibility index (Phi) is 5.76. The number of rotatable bonds is 5. The Bertz CT molecular complexity index is 936. The quantitative estimate of drug-likeness (QED) is 0.867. The number of aryl methyl sites for hydroxylation is 3. The zero-order chi connectivity index (χ0) is 19.6. The van der Waals surface area contributed by atoms with Crippen LogP contribution in [-0.2, 0) is 14.8 Å². The highest BCUT2D eigenvalue weighted by Crippen LogP contribution is 2.25. The molecule has 0 saturated carbocycles. The smallest absolute Gasteiger partial charge is 0.248 e. The normalized spacial score (nSPS) is 12.5. The SMILES string of the molecule is Cc1ccc(N([C@H](C)C(=O)Nc2cccc(C)c2C)S(C)(=O)=O)cc1C. The molecule has 1 atom stereocenters. The first-order valence-corrected chi connectivity index (χ1v) is 10.3. The van der Waals surface area contributed by atoms with Gasteiger partial charge in [-0.1, -0.05) is 18.2 Å². The van der Waals surface area contributed by atoms with Gasteiger partial charge in [0.1, 0.15) is 6.04 Å². The van der Waals surface area contributed by atoms with Crippen molar-refractivity contribution < 1.29 is 13.2 Å². The lowest BCUT2D eigenvalue weighted by molar-refractivity contribution is -0.116. The van der Waals surface area contributed by atoms with Crippen LogP contribution in [0.2, 0.25) is 0 Å². The van der Waals surface area contributed by atoms with Crippen LogP contribution in [-0.4, -0.2) is 26.6 Å². The van der Waals surface area contributed by atoms with Gasteiger partial charge in [-0.2, -0.15) is 0 Å². The van der Waals surface area contributed by atoms with Crippen molar-refractivity contribution >= 4 is 27.3 Å². The van der Waals surface area contributed by atoms with Crippen molar-refractivity contribution in [3.8, 4) is 0 Å². The maximum Gasteiger partial charge on any atom is 0.248 e. The second kappa shape index (κ2) is 7.50. The topological polar surface area (TPSA) is 66.5 Å². The molecule has 5 nitrogen and oxygen atoms in total. The second-order valence-corrected chi connectivity index (χ2v) is 8.60. The van der Waals surface area contributed by atoms with Crippen LogP contribution in [0.3, 0.4) is 0 Å². The van der Waals surface area contributed by atoms with Crippen molar-refractivity contribution in [2.75, 3.05) is 15.9 Å². The minimum Gasteiger partial charge on any atom is -0.324 e. The van der Waals surface area contributed by atoms with E-state index in [0.29, 0.717) is 11.4 Å². The number of hydrogen-bond acceptors (Lipinski definition) is 3. The molecule has 0 fully saturated rings. The summed E-state index contributed by atoms with van der Waals surface area (Å²) in [5.41, 5.74) is 5.23. The van der Waals surface area contributed by atoms with Crippen LogP contribution in [0.1, 0.15) is 29.2 Å². The molecule has 0 saturated heterocycles. The van der Waals surface area contributed by atoms with E-state index >= 15 is 0 Å². The van der Waals surface area contributed by atoms with Crippen molar-refractivity contribution in [2.24, 2.45) is 0 Å². The fourth-order valence-corrected chi connectivity index (χ4v) is 3.96. The molecule has 140 valence electrons. The Hall–Kier alpha value is -2.34. The van der Waals surface area contributed by atoms with Crippen LogP contribution < -0.4 is 9.62 Å². The van der Waals surface area contributed by atoms with E-state index in [0.717, 1.165) is 28.5 Å². The molecule has 26 heavy (non-hydrogen) atoms.